The van der Waals surface area contributed by atoms with Crippen LogP contribution in [0.3, 0.4) is 0 Å². The van der Waals surface area contributed by atoms with Crippen molar-refractivity contribution in [3.63, 3.8) is 0 Å². The summed E-state index contributed by atoms with van der Waals surface area (Å²) in [6.45, 7) is 1.75. The zero-order valence-electron chi connectivity index (χ0n) is 13.1. The molecule has 0 bridgehead atoms. The quantitative estimate of drug-likeness (QED) is 0.941. The van der Waals surface area contributed by atoms with E-state index in [0.29, 0.717) is 19.7 Å². The zero-order chi connectivity index (χ0) is 16.1. The minimum atomic E-state index is -0.605. The summed E-state index contributed by atoms with van der Waals surface area (Å²) in [7, 11) is 0. The first-order chi connectivity index (χ1) is 11.2. The number of nitrogens with zero attached hydrogens (tertiary/aromatic N) is 1. The van der Waals surface area contributed by atoms with Gasteiger partial charge in [0.05, 0.1) is 12.7 Å². The second-order valence-electron chi connectivity index (χ2n) is 5.86. The van der Waals surface area contributed by atoms with Gasteiger partial charge in [-0.2, -0.15) is 0 Å². The van der Waals surface area contributed by atoms with Crippen LogP contribution < -0.4 is 5.73 Å². The highest BCUT2D eigenvalue weighted by Crippen LogP contribution is 2.17. The van der Waals surface area contributed by atoms with Crippen LogP contribution in [0.25, 0.3) is 0 Å². The minimum absolute atomic E-state index is 0.0260. The Balaban J connectivity index is 1.63. The predicted molar refractivity (Wildman–Crippen MR) is 89.8 cm³/mol. The van der Waals surface area contributed by atoms with Gasteiger partial charge in [-0.05, 0) is 11.1 Å². The number of hydrogen-bond donors (Lipinski definition) is 1. The Labute approximate surface area is 136 Å². The second kappa shape index (κ2) is 7.40. The van der Waals surface area contributed by atoms with Gasteiger partial charge in [0.2, 0.25) is 5.91 Å². The first-order valence-corrected chi connectivity index (χ1v) is 7.99. The summed E-state index contributed by atoms with van der Waals surface area (Å²) in [5.74, 6) is -0.0300. The van der Waals surface area contributed by atoms with Crippen molar-refractivity contribution in [2.24, 2.45) is 5.73 Å². The summed E-state index contributed by atoms with van der Waals surface area (Å²) >= 11 is 0. The maximum absolute atomic E-state index is 12.6. The fourth-order valence-electron chi connectivity index (χ4n) is 2.92. The van der Waals surface area contributed by atoms with Crippen LogP contribution in [0.15, 0.2) is 60.7 Å². The fourth-order valence-corrected chi connectivity index (χ4v) is 2.92. The monoisotopic (exact) mass is 310 g/mol. The normalized spacial score (nSPS) is 19.3. The molecular weight excluding hydrogens is 288 g/mol. The molecule has 1 aliphatic rings. The topological polar surface area (TPSA) is 55.6 Å². The predicted octanol–water partition coefficient (Wildman–Crippen LogP) is 2.16. The van der Waals surface area contributed by atoms with E-state index in [2.05, 4.69) is 12.1 Å². The van der Waals surface area contributed by atoms with Crippen molar-refractivity contribution < 1.29 is 9.53 Å². The first kappa shape index (κ1) is 15.7. The number of amides is 1. The lowest BCUT2D eigenvalue weighted by Gasteiger charge is -2.34. The maximum Gasteiger partial charge on any atom is 0.244 e. The van der Waals surface area contributed by atoms with Gasteiger partial charge < -0.3 is 15.4 Å². The molecule has 1 heterocycles. The van der Waals surface area contributed by atoms with Crippen LogP contribution in [0.2, 0.25) is 0 Å². The van der Waals surface area contributed by atoms with E-state index in [1.54, 1.807) is 0 Å². The van der Waals surface area contributed by atoms with Crippen molar-refractivity contribution in [1.29, 1.82) is 0 Å². The molecule has 0 saturated carbocycles. The number of nitrogens with two attached hydrogens (primary N) is 1. The summed E-state index contributed by atoms with van der Waals surface area (Å²) in [5, 5.41) is 0. The van der Waals surface area contributed by atoms with Crippen molar-refractivity contribution in [3.05, 3.63) is 71.8 Å². The lowest BCUT2D eigenvalue weighted by Crippen LogP contribution is -2.49. The molecule has 0 aromatic heterocycles. The molecule has 2 atom stereocenters. The molecule has 1 fully saturated rings. The summed E-state index contributed by atoms with van der Waals surface area (Å²) in [5.41, 5.74) is 8.21. The van der Waals surface area contributed by atoms with E-state index in [1.807, 2.05) is 53.4 Å². The molecule has 0 radical (unpaired) electrons. The Kier molecular flexibility index (Phi) is 5.05. The average Bonchev–Trinajstić information content (AvgIpc) is 2.62. The van der Waals surface area contributed by atoms with E-state index < -0.39 is 6.04 Å². The molecule has 2 unspecified atom stereocenters. The van der Waals surface area contributed by atoms with Crippen LogP contribution in [0, 0.1) is 0 Å². The number of ether oxygens (including phenoxy) is 1. The van der Waals surface area contributed by atoms with Crippen molar-refractivity contribution in [2.45, 2.75) is 18.6 Å². The van der Waals surface area contributed by atoms with Gasteiger partial charge in [0.25, 0.3) is 0 Å². The van der Waals surface area contributed by atoms with Gasteiger partial charge in [-0.25, -0.2) is 0 Å². The van der Waals surface area contributed by atoms with E-state index in [1.165, 1.54) is 5.56 Å². The Morgan fingerprint density at radius 3 is 2.48 bits per heavy atom. The van der Waals surface area contributed by atoms with Crippen LogP contribution in [0.5, 0.6) is 0 Å². The molecule has 23 heavy (non-hydrogen) atoms. The number of carbonyl (C=O) groups is 1. The van der Waals surface area contributed by atoms with Crippen LogP contribution in [0.4, 0.5) is 0 Å². The van der Waals surface area contributed by atoms with Crippen LogP contribution in [-0.4, -0.2) is 36.6 Å². The lowest BCUT2D eigenvalue weighted by atomic mass is 10.0. The standard InChI is InChI=1S/C19H22N2O2/c20-18(16-9-5-2-6-10-16)19(22)21-11-12-23-17(14-21)13-15-7-3-1-4-8-15/h1-10,17-18H,11-14,20H2. The van der Waals surface area contributed by atoms with E-state index >= 15 is 0 Å². The molecule has 120 valence electrons. The Morgan fingerprint density at radius 1 is 1.13 bits per heavy atom. The van der Waals surface area contributed by atoms with Crippen molar-refractivity contribution in [1.82, 2.24) is 4.90 Å². The van der Waals surface area contributed by atoms with E-state index in [4.69, 9.17) is 10.5 Å². The van der Waals surface area contributed by atoms with Crippen LogP contribution in [0.1, 0.15) is 17.2 Å². The van der Waals surface area contributed by atoms with Gasteiger partial charge in [-0.15, -0.1) is 0 Å². The summed E-state index contributed by atoms with van der Waals surface area (Å²) in [6.07, 6.45) is 0.837. The molecule has 1 amide bonds. The summed E-state index contributed by atoms with van der Waals surface area (Å²) in [4.78, 5) is 14.5. The number of carbonyl (C=O) groups excluding carboxylic acids is 1. The maximum atomic E-state index is 12.6. The fraction of sp³-hybridized carbons (Fsp3) is 0.316. The van der Waals surface area contributed by atoms with Gasteiger partial charge in [-0.3, -0.25) is 4.79 Å². The van der Waals surface area contributed by atoms with Gasteiger partial charge in [0, 0.05) is 19.5 Å². The van der Waals surface area contributed by atoms with E-state index in [9.17, 15) is 4.79 Å². The number of benzene rings is 2. The second-order valence-corrected chi connectivity index (χ2v) is 5.86. The van der Waals surface area contributed by atoms with Crippen LogP contribution >= 0.6 is 0 Å². The third-order valence-corrected chi connectivity index (χ3v) is 4.18. The molecule has 2 aromatic carbocycles. The number of hydrogen-bond acceptors (Lipinski definition) is 3. The van der Waals surface area contributed by atoms with Gasteiger partial charge in [0.15, 0.2) is 0 Å². The Morgan fingerprint density at radius 2 is 1.78 bits per heavy atom. The number of morpholine rings is 1. The zero-order valence-corrected chi connectivity index (χ0v) is 13.1. The first-order valence-electron chi connectivity index (χ1n) is 7.99. The third-order valence-electron chi connectivity index (χ3n) is 4.18. The van der Waals surface area contributed by atoms with Gasteiger partial charge >= 0.3 is 0 Å². The Hall–Kier alpha value is -2.17. The minimum Gasteiger partial charge on any atom is -0.374 e. The van der Waals surface area contributed by atoms with Crippen molar-refractivity contribution in [3.8, 4) is 0 Å². The molecule has 0 aliphatic carbocycles. The lowest BCUT2D eigenvalue weighted by molar-refractivity contribution is -0.140. The SMILES string of the molecule is NC(C(=O)N1CCOC(Cc2ccccc2)C1)c1ccccc1. The molecule has 4 heteroatoms. The summed E-state index contributed by atoms with van der Waals surface area (Å²) in [6, 6.07) is 19.1. The molecule has 0 spiro atoms. The molecular formula is C19H22N2O2. The van der Waals surface area contributed by atoms with Crippen molar-refractivity contribution >= 4 is 5.91 Å². The summed E-state index contributed by atoms with van der Waals surface area (Å²) < 4.78 is 5.81. The number of rotatable bonds is 4. The highest BCUT2D eigenvalue weighted by Gasteiger charge is 2.28. The largest absolute Gasteiger partial charge is 0.374 e. The average molecular weight is 310 g/mol. The molecule has 2 aromatic rings. The van der Waals surface area contributed by atoms with Gasteiger partial charge in [0.1, 0.15) is 6.04 Å². The third kappa shape index (κ3) is 3.97. The molecule has 4 nitrogen and oxygen atoms in total. The highest BCUT2D eigenvalue weighted by molar-refractivity contribution is 5.83. The molecule has 2 N–H and O–H groups in total. The van der Waals surface area contributed by atoms with E-state index in [0.717, 1.165) is 12.0 Å². The molecule has 1 saturated heterocycles. The highest BCUT2D eigenvalue weighted by atomic mass is 16.5. The smallest absolute Gasteiger partial charge is 0.244 e. The van der Waals surface area contributed by atoms with Crippen LogP contribution in [-0.2, 0) is 16.0 Å². The van der Waals surface area contributed by atoms with Crippen molar-refractivity contribution in [2.75, 3.05) is 19.7 Å². The van der Waals surface area contributed by atoms with Gasteiger partial charge in [-0.1, -0.05) is 60.7 Å². The molecule has 3 rings (SSSR count). The molecule has 1 aliphatic heterocycles. The Bertz CT molecular complexity index is 630. The van der Waals surface area contributed by atoms with E-state index in [-0.39, 0.29) is 12.0 Å².